The molecule has 0 unspecified atom stereocenters. The molecule has 4 heteroatoms. The van der Waals surface area contributed by atoms with Gasteiger partial charge in [-0.1, -0.05) is 19.3 Å². The first-order valence-corrected chi connectivity index (χ1v) is 8.71. The molecule has 0 aliphatic carbocycles. The van der Waals surface area contributed by atoms with Gasteiger partial charge in [0.15, 0.2) is 0 Å². The summed E-state index contributed by atoms with van der Waals surface area (Å²) in [6, 6.07) is 4.53. The second-order valence-corrected chi connectivity index (χ2v) is 6.67. The Balaban J connectivity index is 1.74. The summed E-state index contributed by atoms with van der Waals surface area (Å²) >= 11 is 0. The third kappa shape index (κ3) is 3.49. The van der Waals surface area contributed by atoms with Crippen LogP contribution in [-0.4, -0.2) is 47.4 Å². The van der Waals surface area contributed by atoms with Gasteiger partial charge in [-0.25, -0.2) is 0 Å². The fourth-order valence-electron chi connectivity index (χ4n) is 3.72. The van der Waals surface area contributed by atoms with Crippen molar-refractivity contribution < 1.29 is 4.79 Å². The molecular weight excluding hydrogens is 274 g/mol. The number of carbonyl (C=O) groups excluding carboxylic acids is 1. The molecule has 120 valence electrons. The number of pyridine rings is 1. The second kappa shape index (κ2) is 7.23. The van der Waals surface area contributed by atoms with Crippen molar-refractivity contribution in [3.05, 3.63) is 29.6 Å². The highest BCUT2D eigenvalue weighted by Gasteiger charge is 2.24. The minimum absolute atomic E-state index is 0.115. The summed E-state index contributed by atoms with van der Waals surface area (Å²) in [5.74, 6) is 0.115. The molecule has 0 radical (unpaired) electrons. The molecule has 0 aromatic carbocycles. The fraction of sp³-hybridized carbons (Fsp3) is 0.667. The fourth-order valence-corrected chi connectivity index (χ4v) is 3.72. The molecule has 2 fully saturated rings. The van der Waals surface area contributed by atoms with Gasteiger partial charge in [0.25, 0.3) is 5.91 Å². The van der Waals surface area contributed by atoms with Crippen LogP contribution in [0.5, 0.6) is 0 Å². The Hall–Kier alpha value is -1.42. The second-order valence-electron chi connectivity index (χ2n) is 6.67. The first kappa shape index (κ1) is 15.5. The highest BCUT2D eigenvalue weighted by Crippen LogP contribution is 2.30. The highest BCUT2D eigenvalue weighted by molar-refractivity contribution is 5.92. The van der Waals surface area contributed by atoms with E-state index in [0.717, 1.165) is 32.5 Å². The minimum atomic E-state index is 0.115. The molecule has 3 heterocycles. The van der Waals surface area contributed by atoms with Crippen molar-refractivity contribution in [2.24, 2.45) is 0 Å². The van der Waals surface area contributed by atoms with Gasteiger partial charge < -0.3 is 4.90 Å². The van der Waals surface area contributed by atoms with Crippen molar-refractivity contribution >= 4 is 5.91 Å². The number of hydrogen-bond donors (Lipinski definition) is 0. The van der Waals surface area contributed by atoms with Crippen molar-refractivity contribution in [3.8, 4) is 0 Å². The Morgan fingerprint density at radius 3 is 2.50 bits per heavy atom. The standard InChI is InChI=1S/C18H27N3O/c1-20-11-7-8-17(20)15-9-10-19-16(14-15)18(22)21-12-5-3-2-4-6-13-21/h9-10,14,17H,2-8,11-13H2,1H3/t17-/m1/s1. The third-order valence-corrected chi connectivity index (χ3v) is 5.05. The van der Waals surface area contributed by atoms with E-state index in [-0.39, 0.29) is 5.91 Å². The Labute approximate surface area is 133 Å². The topological polar surface area (TPSA) is 36.4 Å². The van der Waals surface area contributed by atoms with Crippen LogP contribution in [0.25, 0.3) is 0 Å². The summed E-state index contributed by atoms with van der Waals surface area (Å²) < 4.78 is 0. The smallest absolute Gasteiger partial charge is 0.272 e. The maximum atomic E-state index is 12.8. The van der Waals surface area contributed by atoms with E-state index in [9.17, 15) is 4.79 Å². The van der Waals surface area contributed by atoms with Crippen LogP contribution in [0.2, 0.25) is 0 Å². The van der Waals surface area contributed by atoms with Gasteiger partial charge in [-0.15, -0.1) is 0 Å². The van der Waals surface area contributed by atoms with E-state index in [0.29, 0.717) is 11.7 Å². The predicted octanol–water partition coefficient (Wildman–Crippen LogP) is 3.25. The Morgan fingerprint density at radius 1 is 1.09 bits per heavy atom. The molecular formula is C18H27N3O. The van der Waals surface area contributed by atoms with Gasteiger partial charge in [0.2, 0.25) is 0 Å². The van der Waals surface area contributed by atoms with E-state index in [1.54, 1.807) is 6.20 Å². The number of likely N-dealkylation sites (tertiary alicyclic amines) is 2. The van der Waals surface area contributed by atoms with Crippen LogP contribution < -0.4 is 0 Å². The van der Waals surface area contributed by atoms with Crippen LogP contribution in [0, 0.1) is 0 Å². The minimum Gasteiger partial charge on any atom is -0.337 e. The van der Waals surface area contributed by atoms with E-state index in [1.165, 1.54) is 37.7 Å². The van der Waals surface area contributed by atoms with Crippen molar-refractivity contribution in [1.82, 2.24) is 14.8 Å². The van der Waals surface area contributed by atoms with Crippen LogP contribution >= 0.6 is 0 Å². The van der Waals surface area contributed by atoms with E-state index in [1.807, 2.05) is 11.0 Å². The molecule has 1 atom stereocenters. The van der Waals surface area contributed by atoms with Gasteiger partial charge in [0.05, 0.1) is 0 Å². The Bertz CT molecular complexity index is 509. The molecule has 1 aromatic heterocycles. The van der Waals surface area contributed by atoms with Gasteiger partial charge in [-0.2, -0.15) is 0 Å². The van der Waals surface area contributed by atoms with Gasteiger partial charge >= 0.3 is 0 Å². The lowest BCUT2D eigenvalue weighted by molar-refractivity contribution is 0.0736. The molecule has 0 saturated carbocycles. The molecule has 2 aliphatic rings. The number of amides is 1. The molecule has 1 amide bonds. The summed E-state index contributed by atoms with van der Waals surface area (Å²) in [5.41, 5.74) is 1.86. The summed E-state index contributed by atoms with van der Waals surface area (Å²) in [6.45, 7) is 2.91. The number of nitrogens with zero attached hydrogens (tertiary/aromatic N) is 3. The molecule has 4 nitrogen and oxygen atoms in total. The van der Waals surface area contributed by atoms with Crippen LogP contribution in [0.3, 0.4) is 0 Å². The van der Waals surface area contributed by atoms with E-state index >= 15 is 0 Å². The number of carbonyl (C=O) groups is 1. The molecule has 22 heavy (non-hydrogen) atoms. The average Bonchev–Trinajstić information content (AvgIpc) is 2.93. The third-order valence-electron chi connectivity index (χ3n) is 5.05. The maximum absolute atomic E-state index is 12.8. The van der Waals surface area contributed by atoms with Crippen LogP contribution in [0.1, 0.15) is 67.0 Å². The molecule has 0 N–H and O–H groups in total. The number of aromatic nitrogens is 1. The zero-order valence-electron chi connectivity index (χ0n) is 13.6. The van der Waals surface area contributed by atoms with Crippen molar-refractivity contribution in [2.45, 2.75) is 51.0 Å². The van der Waals surface area contributed by atoms with Crippen LogP contribution in [0.15, 0.2) is 18.3 Å². The normalized spacial score (nSPS) is 24.0. The van der Waals surface area contributed by atoms with Crippen molar-refractivity contribution in [2.75, 3.05) is 26.7 Å². The Kier molecular flexibility index (Phi) is 5.08. The van der Waals surface area contributed by atoms with Gasteiger partial charge in [-0.05, 0) is 57.0 Å². The van der Waals surface area contributed by atoms with Crippen molar-refractivity contribution in [3.63, 3.8) is 0 Å². The number of rotatable bonds is 2. The quantitative estimate of drug-likeness (QED) is 0.841. The zero-order chi connectivity index (χ0) is 15.4. The lowest BCUT2D eigenvalue weighted by Crippen LogP contribution is -2.34. The monoisotopic (exact) mass is 301 g/mol. The lowest BCUT2D eigenvalue weighted by atomic mass is 10.0. The van der Waals surface area contributed by atoms with E-state index in [4.69, 9.17) is 0 Å². The highest BCUT2D eigenvalue weighted by atomic mass is 16.2. The van der Waals surface area contributed by atoms with Gasteiger partial charge in [0.1, 0.15) is 5.69 Å². The molecule has 1 aromatic rings. The van der Waals surface area contributed by atoms with Crippen LogP contribution in [-0.2, 0) is 0 Å². The predicted molar refractivity (Wildman–Crippen MR) is 87.8 cm³/mol. The molecule has 0 spiro atoms. The molecule has 2 aliphatic heterocycles. The van der Waals surface area contributed by atoms with E-state index < -0.39 is 0 Å². The van der Waals surface area contributed by atoms with Gasteiger partial charge in [0, 0.05) is 25.3 Å². The first-order chi connectivity index (χ1) is 10.8. The molecule has 3 rings (SSSR count). The molecule has 0 bridgehead atoms. The summed E-state index contributed by atoms with van der Waals surface area (Å²) in [6.07, 6.45) is 10.3. The molecule has 2 saturated heterocycles. The van der Waals surface area contributed by atoms with Crippen LogP contribution in [0.4, 0.5) is 0 Å². The largest absolute Gasteiger partial charge is 0.337 e. The summed E-state index contributed by atoms with van der Waals surface area (Å²) in [7, 11) is 2.16. The van der Waals surface area contributed by atoms with Crippen molar-refractivity contribution in [1.29, 1.82) is 0 Å². The zero-order valence-corrected chi connectivity index (χ0v) is 13.6. The van der Waals surface area contributed by atoms with Gasteiger partial charge in [-0.3, -0.25) is 14.7 Å². The number of hydrogen-bond acceptors (Lipinski definition) is 3. The SMILES string of the molecule is CN1CCC[C@@H]1c1ccnc(C(=O)N2CCCCCCC2)c1. The summed E-state index contributed by atoms with van der Waals surface area (Å²) in [5, 5.41) is 0. The first-order valence-electron chi connectivity index (χ1n) is 8.71. The summed E-state index contributed by atoms with van der Waals surface area (Å²) in [4.78, 5) is 21.5. The van der Waals surface area contributed by atoms with E-state index in [2.05, 4.69) is 23.0 Å². The lowest BCUT2D eigenvalue weighted by Gasteiger charge is -2.25. The average molecular weight is 301 g/mol. The maximum Gasteiger partial charge on any atom is 0.272 e. The Morgan fingerprint density at radius 2 is 1.82 bits per heavy atom.